The van der Waals surface area contributed by atoms with Gasteiger partial charge in [0.25, 0.3) is 0 Å². The van der Waals surface area contributed by atoms with Crippen molar-refractivity contribution in [1.29, 1.82) is 0 Å². The molecular formula is C14H18O5S. The van der Waals surface area contributed by atoms with Crippen molar-refractivity contribution in [1.82, 2.24) is 0 Å². The summed E-state index contributed by atoms with van der Waals surface area (Å²) in [6.45, 7) is 4.39. The van der Waals surface area contributed by atoms with Crippen molar-refractivity contribution in [3.05, 3.63) is 28.8 Å². The van der Waals surface area contributed by atoms with E-state index in [-0.39, 0.29) is 28.0 Å². The van der Waals surface area contributed by atoms with Gasteiger partial charge in [-0.25, -0.2) is 0 Å². The van der Waals surface area contributed by atoms with E-state index < -0.39 is 12.2 Å². The molecule has 0 radical (unpaired) electrons. The summed E-state index contributed by atoms with van der Waals surface area (Å²) in [5, 5.41) is 29.5. The number of hydrogen-bond donors (Lipinski definition) is 3. The van der Waals surface area contributed by atoms with Gasteiger partial charge in [0.2, 0.25) is 0 Å². The Labute approximate surface area is 121 Å². The molecule has 0 bridgehead atoms. The monoisotopic (exact) mass is 298 g/mol. The van der Waals surface area contributed by atoms with E-state index in [0.717, 1.165) is 11.8 Å². The molecule has 0 heterocycles. The SMILES string of the molecule is CC(=O)SCC(O)C(O)c1cc(O)c(C(C)=O)cc1C. The number of carbonyl (C=O) groups is 2. The zero-order chi connectivity index (χ0) is 15.4. The van der Waals surface area contributed by atoms with E-state index in [1.165, 1.54) is 26.0 Å². The molecule has 0 amide bonds. The molecule has 5 nitrogen and oxygen atoms in total. The minimum Gasteiger partial charge on any atom is -0.507 e. The predicted molar refractivity (Wildman–Crippen MR) is 77.0 cm³/mol. The van der Waals surface area contributed by atoms with Crippen molar-refractivity contribution in [2.24, 2.45) is 0 Å². The van der Waals surface area contributed by atoms with Crippen LogP contribution < -0.4 is 0 Å². The smallest absolute Gasteiger partial charge is 0.185 e. The Morgan fingerprint density at radius 3 is 2.35 bits per heavy atom. The van der Waals surface area contributed by atoms with Gasteiger partial charge in [-0.1, -0.05) is 11.8 Å². The predicted octanol–water partition coefficient (Wildman–Crippen LogP) is 1.58. The molecule has 0 saturated carbocycles. The first-order valence-electron chi connectivity index (χ1n) is 6.08. The van der Waals surface area contributed by atoms with E-state index in [2.05, 4.69) is 0 Å². The van der Waals surface area contributed by atoms with Gasteiger partial charge in [-0.15, -0.1) is 0 Å². The number of carbonyl (C=O) groups excluding carboxylic acids is 2. The van der Waals surface area contributed by atoms with Crippen LogP contribution in [0.25, 0.3) is 0 Å². The summed E-state index contributed by atoms with van der Waals surface area (Å²) in [5.41, 5.74) is 1.10. The number of thioether (sulfide) groups is 1. The molecule has 2 atom stereocenters. The molecule has 1 aromatic rings. The molecule has 0 saturated heterocycles. The molecule has 0 aliphatic heterocycles. The first kappa shape index (κ1) is 16.7. The Bertz CT molecular complexity index is 527. The molecule has 0 aliphatic rings. The van der Waals surface area contributed by atoms with Crippen LogP contribution in [-0.4, -0.2) is 38.1 Å². The average Bonchev–Trinajstić information content (AvgIpc) is 2.36. The minimum absolute atomic E-state index is 0.0607. The summed E-state index contributed by atoms with van der Waals surface area (Å²) < 4.78 is 0. The fourth-order valence-electron chi connectivity index (χ4n) is 1.81. The van der Waals surface area contributed by atoms with E-state index in [4.69, 9.17) is 0 Å². The number of aromatic hydroxyl groups is 1. The van der Waals surface area contributed by atoms with Gasteiger partial charge in [0, 0.05) is 12.7 Å². The quantitative estimate of drug-likeness (QED) is 0.714. The Balaban J connectivity index is 2.98. The zero-order valence-corrected chi connectivity index (χ0v) is 12.4. The van der Waals surface area contributed by atoms with Crippen LogP contribution in [0, 0.1) is 6.92 Å². The lowest BCUT2D eigenvalue weighted by Crippen LogP contribution is -2.22. The third-order valence-electron chi connectivity index (χ3n) is 2.90. The van der Waals surface area contributed by atoms with Crippen molar-refractivity contribution in [2.75, 3.05) is 5.75 Å². The molecule has 1 aromatic carbocycles. The van der Waals surface area contributed by atoms with Gasteiger partial charge in [0.15, 0.2) is 10.9 Å². The number of aliphatic hydroxyl groups is 2. The van der Waals surface area contributed by atoms with E-state index in [1.54, 1.807) is 6.92 Å². The highest BCUT2D eigenvalue weighted by Gasteiger charge is 2.22. The summed E-state index contributed by atoms with van der Waals surface area (Å²) in [7, 11) is 0. The maximum absolute atomic E-state index is 11.3. The van der Waals surface area contributed by atoms with Crippen molar-refractivity contribution < 1.29 is 24.9 Å². The summed E-state index contributed by atoms with van der Waals surface area (Å²) in [5.74, 6) is -0.451. The number of aliphatic hydroxyl groups excluding tert-OH is 2. The number of phenols is 1. The molecule has 110 valence electrons. The van der Waals surface area contributed by atoms with Crippen LogP contribution >= 0.6 is 11.8 Å². The van der Waals surface area contributed by atoms with Gasteiger partial charge in [0.1, 0.15) is 11.9 Å². The minimum atomic E-state index is -1.23. The average molecular weight is 298 g/mol. The van der Waals surface area contributed by atoms with Gasteiger partial charge in [-0.2, -0.15) is 0 Å². The summed E-state index contributed by atoms with van der Waals surface area (Å²) in [4.78, 5) is 22.1. The highest BCUT2D eigenvalue weighted by atomic mass is 32.2. The molecular weight excluding hydrogens is 280 g/mol. The molecule has 0 spiro atoms. The van der Waals surface area contributed by atoms with Crippen molar-refractivity contribution >= 4 is 22.7 Å². The molecule has 0 aliphatic carbocycles. The van der Waals surface area contributed by atoms with Crippen molar-refractivity contribution in [3.63, 3.8) is 0 Å². The maximum atomic E-state index is 11.3. The second-order valence-electron chi connectivity index (χ2n) is 4.60. The third kappa shape index (κ3) is 4.06. The van der Waals surface area contributed by atoms with Gasteiger partial charge in [0.05, 0.1) is 11.7 Å². The Kier molecular flexibility index (Phi) is 5.74. The lowest BCUT2D eigenvalue weighted by atomic mass is 9.96. The second kappa shape index (κ2) is 6.88. The number of benzene rings is 1. The van der Waals surface area contributed by atoms with Crippen LogP contribution in [0.4, 0.5) is 0 Å². The molecule has 20 heavy (non-hydrogen) atoms. The van der Waals surface area contributed by atoms with Crippen LogP contribution in [0.15, 0.2) is 12.1 Å². The highest BCUT2D eigenvalue weighted by molar-refractivity contribution is 8.13. The fraction of sp³-hybridized carbons (Fsp3) is 0.429. The van der Waals surface area contributed by atoms with Crippen LogP contribution in [0.2, 0.25) is 0 Å². The molecule has 6 heteroatoms. The van der Waals surface area contributed by atoms with Crippen LogP contribution in [0.5, 0.6) is 5.75 Å². The van der Waals surface area contributed by atoms with Crippen LogP contribution in [0.1, 0.15) is 41.4 Å². The number of Topliss-reactive ketones (excluding diaryl/α,β-unsaturated/α-hetero) is 1. The fourth-order valence-corrected chi connectivity index (χ4v) is 2.40. The second-order valence-corrected chi connectivity index (χ2v) is 5.79. The van der Waals surface area contributed by atoms with Crippen LogP contribution in [-0.2, 0) is 4.79 Å². The normalized spacial score (nSPS) is 13.8. The Hall–Kier alpha value is -1.37. The zero-order valence-electron chi connectivity index (χ0n) is 11.6. The number of rotatable bonds is 5. The lowest BCUT2D eigenvalue weighted by Gasteiger charge is -2.20. The topological polar surface area (TPSA) is 94.8 Å². The van der Waals surface area contributed by atoms with Crippen molar-refractivity contribution in [3.8, 4) is 5.75 Å². The van der Waals surface area contributed by atoms with Gasteiger partial charge < -0.3 is 15.3 Å². The lowest BCUT2D eigenvalue weighted by molar-refractivity contribution is -0.109. The largest absolute Gasteiger partial charge is 0.507 e. The summed E-state index contributed by atoms with van der Waals surface area (Å²) in [6.07, 6.45) is -2.36. The van der Waals surface area contributed by atoms with Crippen LogP contribution in [0.3, 0.4) is 0 Å². The Morgan fingerprint density at radius 1 is 1.25 bits per heavy atom. The first-order chi connectivity index (χ1) is 9.23. The van der Waals surface area contributed by atoms with Gasteiger partial charge >= 0.3 is 0 Å². The van der Waals surface area contributed by atoms with E-state index in [0.29, 0.717) is 11.1 Å². The number of hydrogen-bond acceptors (Lipinski definition) is 6. The molecule has 2 unspecified atom stereocenters. The third-order valence-corrected chi connectivity index (χ3v) is 3.82. The molecule has 3 N–H and O–H groups in total. The van der Waals surface area contributed by atoms with E-state index in [9.17, 15) is 24.9 Å². The van der Waals surface area contributed by atoms with E-state index >= 15 is 0 Å². The Morgan fingerprint density at radius 2 is 1.85 bits per heavy atom. The number of ketones is 1. The van der Waals surface area contributed by atoms with Gasteiger partial charge in [-0.05, 0) is 37.1 Å². The maximum Gasteiger partial charge on any atom is 0.185 e. The molecule has 0 aromatic heterocycles. The summed E-state index contributed by atoms with van der Waals surface area (Å²) in [6, 6.07) is 2.75. The van der Waals surface area contributed by atoms with Crippen molar-refractivity contribution in [2.45, 2.75) is 33.0 Å². The summed E-state index contributed by atoms with van der Waals surface area (Å²) >= 11 is 0.915. The number of phenolic OH excluding ortho intramolecular Hbond substituents is 1. The highest BCUT2D eigenvalue weighted by Crippen LogP contribution is 2.29. The molecule has 1 rings (SSSR count). The van der Waals surface area contributed by atoms with E-state index in [1.807, 2.05) is 0 Å². The van der Waals surface area contributed by atoms with Gasteiger partial charge in [-0.3, -0.25) is 9.59 Å². The number of aryl methyl sites for hydroxylation is 1. The molecule has 0 fully saturated rings. The standard InChI is InChI=1S/C14H18O5S/c1-7-4-11(8(2)15)12(17)5-10(7)14(19)13(18)6-20-9(3)16/h4-5,13-14,17-19H,6H2,1-3H3. The first-order valence-corrected chi connectivity index (χ1v) is 7.06.